The minimum Gasteiger partial charge on any atom is -0.507 e. The average molecular weight is 549 g/mol. The van der Waals surface area contributed by atoms with Crippen molar-refractivity contribution in [2.45, 2.75) is 81.9 Å². The number of phenols is 1. The Morgan fingerprint density at radius 1 is 0.838 bits per heavy atom. The van der Waals surface area contributed by atoms with E-state index in [4.69, 9.17) is 14.2 Å². The molecule has 2 aliphatic carbocycles. The first kappa shape index (κ1) is 27.9. The molecule has 0 aromatic heterocycles. The van der Waals surface area contributed by atoms with Crippen LogP contribution in [-0.4, -0.2) is 36.2 Å². The standard InChI is InChI=1S/C28H36O7S2/c1-4-33-26(31)22(27(32)34-5-2)28-36-23-20(29)14-15-21(24(23)37-28)35-25(30)19-12-10-18(11-13-19)17-8-6-16(3)7-9-17/h14-19,29H,4-13H2,1-3H3. The maximum Gasteiger partial charge on any atom is 0.347 e. The number of ether oxygens (including phenoxy) is 3. The molecule has 0 bridgehead atoms. The highest BCUT2D eigenvalue weighted by molar-refractivity contribution is 8.25. The highest BCUT2D eigenvalue weighted by Crippen LogP contribution is 2.59. The van der Waals surface area contributed by atoms with Gasteiger partial charge in [-0.05, 0) is 82.3 Å². The van der Waals surface area contributed by atoms with Crippen LogP contribution in [0.5, 0.6) is 11.5 Å². The van der Waals surface area contributed by atoms with E-state index in [0.29, 0.717) is 25.7 Å². The largest absolute Gasteiger partial charge is 0.507 e. The second kappa shape index (κ2) is 12.6. The van der Waals surface area contributed by atoms with Crippen LogP contribution in [0.2, 0.25) is 0 Å². The number of aromatic hydroxyl groups is 1. The van der Waals surface area contributed by atoms with Gasteiger partial charge >= 0.3 is 17.9 Å². The Labute approximate surface area is 227 Å². The lowest BCUT2D eigenvalue weighted by Gasteiger charge is -2.36. The zero-order valence-corrected chi connectivity index (χ0v) is 23.4. The summed E-state index contributed by atoms with van der Waals surface area (Å²) in [7, 11) is 0. The van der Waals surface area contributed by atoms with Gasteiger partial charge in [0.05, 0.1) is 33.2 Å². The Morgan fingerprint density at radius 3 is 1.95 bits per heavy atom. The summed E-state index contributed by atoms with van der Waals surface area (Å²) in [6, 6.07) is 3.03. The number of carbonyl (C=O) groups is 3. The van der Waals surface area contributed by atoms with Crippen molar-refractivity contribution in [1.82, 2.24) is 0 Å². The zero-order valence-electron chi connectivity index (χ0n) is 21.7. The molecule has 4 rings (SSSR count). The third kappa shape index (κ3) is 6.48. The van der Waals surface area contributed by atoms with Crippen molar-refractivity contribution in [1.29, 1.82) is 0 Å². The number of rotatable bonds is 7. The highest BCUT2D eigenvalue weighted by Gasteiger charge is 2.36. The smallest absolute Gasteiger partial charge is 0.347 e. The lowest BCUT2D eigenvalue weighted by molar-refractivity contribution is -0.146. The van der Waals surface area contributed by atoms with Crippen LogP contribution in [0.15, 0.2) is 31.7 Å². The fourth-order valence-electron chi connectivity index (χ4n) is 5.55. The van der Waals surface area contributed by atoms with Gasteiger partial charge in [-0.15, -0.1) is 0 Å². The minimum atomic E-state index is -0.786. The van der Waals surface area contributed by atoms with Crippen molar-refractivity contribution in [2.75, 3.05) is 13.2 Å². The summed E-state index contributed by atoms with van der Waals surface area (Å²) < 4.78 is 16.3. The number of hydrogen-bond acceptors (Lipinski definition) is 9. The van der Waals surface area contributed by atoms with E-state index in [1.807, 2.05) is 0 Å². The van der Waals surface area contributed by atoms with Gasteiger partial charge < -0.3 is 19.3 Å². The second-order valence-electron chi connectivity index (χ2n) is 10.1. The molecule has 0 saturated heterocycles. The predicted octanol–water partition coefficient (Wildman–Crippen LogP) is 6.47. The van der Waals surface area contributed by atoms with Crippen molar-refractivity contribution in [2.24, 2.45) is 23.7 Å². The van der Waals surface area contributed by atoms with E-state index < -0.39 is 11.9 Å². The summed E-state index contributed by atoms with van der Waals surface area (Å²) >= 11 is 2.18. The van der Waals surface area contributed by atoms with E-state index in [9.17, 15) is 19.5 Å². The number of hydrogen-bond donors (Lipinski definition) is 1. The van der Waals surface area contributed by atoms with Crippen LogP contribution in [-0.2, 0) is 23.9 Å². The number of carbonyl (C=O) groups excluding carboxylic acids is 3. The van der Waals surface area contributed by atoms with Gasteiger partial charge in [0.2, 0.25) is 0 Å². The zero-order chi connectivity index (χ0) is 26.5. The van der Waals surface area contributed by atoms with E-state index in [1.54, 1.807) is 19.9 Å². The number of phenolic OH excluding ortho intramolecular Hbond substituents is 1. The molecule has 2 saturated carbocycles. The molecule has 0 atom stereocenters. The summed E-state index contributed by atoms with van der Waals surface area (Å²) in [6.45, 7) is 5.86. The molecule has 2 fully saturated rings. The summed E-state index contributed by atoms with van der Waals surface area (Å²) in [4.78, 5) is 39.2. The number of thioether (sulfide) groups is 2. The van der Waals surface area contributed by atoms with Gasteiger partial charge in [-0.2, -0.15) is 0 Å². The Morgan fingerprint density at radius 2 is 1.38 bits per heavy atom. The van der Waals surface area contributed by atoms with E-state index in [1.165, 1.54) is 31.7 Å². The number of esters is 3. The molecule has 1 heterocycles. The van der Waals surface area contributed by atoms with Crippen molar-refractivity contribution >= 4 is 41.4 Å². The van der Waals surface area contributed by atoms with E-state index in [0.717, 1.165) is 61.0 Å². The summed E-state index contributed by atoms with van der Waals surface area (Å²) in [6.07, 6.45) is 9.05. The van der Waals surface area contributed by atoms with E-state index in [-0.39, 0.29) is 36.4 Å². The van der Waals surface area contributed by atoms with Crippen molar-refractivity contribution < 1.29 is 33.7 Å². The fraction of sp³-hybridized carbons (Fsp3) is 0.607. The third-order valence-electron chi connectivity index (χ3n) is 7.65. The van der Waals surface area contributed by atoms with Crippen LogP contribution >= 0.6 is 23.5 Å². The molecular formula is C28H36O7S2. The molecule has 202 valence electrons. The van der Waals surface area contributed by atoms with E-state index in [2.05, 4.69) is 6.92 Å². The molecule has 7 nitrogen and oxygen atoms in total. The predicted molar refractivity (Wildman–Crippen MR) is 142 cm³/mol. The van der Waals surface area contributed by atoms with Gasteiger partial charge in [0, 0.05) is 0 Å². The molecule has 9 heteroatoms. The van der Waals surface area contributed by atoms with Crippen LogP contribution in [0.3, 0.4) is 0 Å². The normalized spacial score (nSPS) is 25.2. The molecule has 0 amide bonds. The molecule has 1 aromatic rings. The lowest BCUT2D eigenvalue weighted by Crippen LogP contribution is -2.30. The number of fused-ring (bicyclic) bond motifs is 1. The fourth-order valence-corrected chi connectivity index (χ4v) is 8.15. The average Bonchev–Trinajstić information content (AvgIpc) is 3.33. The van der Waals surface area contributed by atoms with Crippen LogP contribution in [0.25, 0.3) is 0 Å². The summed E-state index contributed by atoms with van der Waals surface area (Å²) in [5.41, 5.74) is -0.220. The molecule has 0 radical (unpaired) electrons. The first-order valence-electron chi connectivity index (χ1n) is 13.3. The maximum absolute atomic E-state index is 13.1. The third-order valence-corrected chi connectivity index (χ3v) is 10.3. The molecule has 3 aliphatic rings. The first-order valence-corrected chi connectivity index (χ1v) is 15.0. The molecule has 37 heavy (non-hydrogen) atoms. The maximum atomic E-state index is 13.1. The van der Waals surface area contributed by atoms with Gasteiger partial charge in [0.15, 0.2) is 5.57 Å². The van der Waals surface area contributed by atoms with Gasteiger partial charge in [-0.3, -0.25) is 4.79 Å². The topological polar surface area (TPSA) is 99.1 Å². The molecule has 0 spiro atoms. The van der Waals surface area contributed by atoms with Gasteiger partial charge in [0.25, 0.3) is 0 Å². The summed E-state index contributed by atoms with van der Waals surface area (Å²) in [5, 5.41) is 10.5. The van der Waals surface area contributed by atoms with Gasteiger partial charge in [0.1, 0.15) is 11.5 Å². The SMILES string of the molecule is CCOC(=O)C(C(=O)OCC)=C1Sc2c(O)ccc(OC(=O)C3CCC(C4CCC(C)CC4)CC3)c2S1. The Bertz CT molecular complexity index is 1030. The molecular weight excluding hydrogens is 512 g/mol. The molecule has 1 N–H and O–H groups in total. The lowest BCUT2D eigenvalue weighted by atomic mass is 9.69. The quantitative estimate of drug-likeness (QED) is 0.135. The minimum absolute atomic E-state index is 0.0170. The van der Waals surface area contributed by atoms with Crippen LogP contribution in [0.4, 0.5) is 0 Å². The Balaban J connectivity index is 1.46. The van der Waals surface area contributed by atoms with Crippen LogP contribution in [0.1, 0.15) is 72.1 Å². The monoisotopic (exact) mass is 548 g/mol. The molecule has 0 unspecified atom stereocenters. The van der Waals surface area contributed by atoms with Crippen LogP contribution < -0.4 is 4.74 Å². The highest BCUT2D eigenvalue weighted by atomic mass is 32.2. The molecule has 1 aliphatic heterocycles. The van der Waals surface area contributed by atoms with E-state index >= 15 is 0 Å². The van der Waals surface area contributed by atoms with Crippen molar-refractivity contribution in [3.63, 3.8) is 0 Å². The van der Waals surface area contributed by atoms with Crippen molar-refractivity contribution in [3.8, 4) is 11.5 Å². The number of benzene rings is 1. The Hall–Kier alpha value is -2.13. The molecule has 1 aromatic carbocycles. The van der Waals surface area contributed by atoms with Gasteiger partial charge in [-0.25, -0.2) is 9.59 Å². The Kier molecular flexibility index (Phi) is 9.51. The van der Waals surface area contributed by atoms with Crippen molar-refractivity contribution in [3.05, 3.63) is 21.9 Å². The first-order chi connectivity index (χ1) is 17.8. The summed E-state index contributed by atoms with van der Waals surface area (Å²) in [5.74, 6) is 0.661. The second-order valence-corrected chi connectivity index (χ2v) is 12.4. The van der Waals surface area contributed by atoms with Crippen LogP contribution in [0, 0.1) is 23.7 Å². The van der Waals surface area contributed by atoms with Gasteiger partial charge in [-0.1, -0.05) is 43.3 Å².